The van der Waals surface area contributed by atoms with Gasteiger partial charge < -0.3 is 4.90 Å². The molecule has 1 amide bonds. The topological polar surface area (TPSA) is 60.3 Å². The summed E-state index contributed by atoms with van der Waals surface area (Å²) in [6, 6.07) is 6.34. The van der Waals surface area contributed by atoms with Gasteiger partial charge >= 0.3 is 0 Å². The molecule has 1 fully saturated rings. The number of fused-ring (bicyclic) bond motifs is 2. The van der Waals surface area contributed by atoms with Gasteiger partial charge in [0.1, 0.15) is 6.67 Å². The molecule has 1 aliphatic carbocycles. The van der Waals surface area contributed by atoms with E-state index in [9.17, 15) is 4.79 Å². The van der Waals surface area contributed by atoms with Crippen LogP contribution in [0.25, 0.3) is 0 Å². The summed E-state index contributed by atoms with van der Waals surface area (Å²) in [5.74, 6) is 1.22. The highest BCUT2D eigenvalue weighted by atomic mass is 16.2. The number of guanidine groups is 1. The molecule has 6 nitrogen and oxygen atoms in total. The quantitative estimate of drug-likeness (QED) is 0.862. The first kappa shape index (κ1) is 17.6. The minimum absolute atomic E-state index is 0.170. The average Bonchev–Trinajstić information content (AvgIpc) is 3.20. The SMILES string of the molecule is CC1=NC2=NCNN2C(C2CCCN(C(=O)c3ccc4c(c3)CCCC4)C2)=C1. The largest absolute Gasteiger partial charge is 0.338 e. The number of nitrogens with one attached hydrogen (secondary N) is 1. The highest BCUT2D eigenvalue weighted by Crippen LogP contribution is 2.30. The third kappa shape index (κ3) is 3.15. The molecular weight excluding hydrogens is 350 g/mol. The number of carbonyl (C=O) groups excluding carboxylic acids is 1. The molecule has 0 saturated carbocycles. The summed E-state index contributed by atoms with van der Waals surface area (Å²) >= 11 is 0. The lowest BCUT2D eigenvalue weighted by Crippen LogP contribution is -2.46. The Kier molecular flexibility index (Phi) is 4.51. The van der Waals surface area contributed by atoms with Crippen LogP contribution in [0, 0.1) is 5.92 Å². The zero-order chi connectivity index (χ0) is 19.1. The third-order valence-corrected chi connectivity index (χ3v) is 6.26. The predicted octanol–water partition coefficient (Wildman–Crippen LogP) is 2.91. The Morgan fingerprint density at radius 3 is 2.93 bits per heavy atom. The summed E-state index contributed by atoms with van der Waals surface area (Å²) in [6.07, 6.45) is 8.99. The highest BCUT2D eigenvalue weighted by Gasteiger charge is 2.33. The summed E-state index contributed by atoms with van der Waals surface area (Å²) in [7, 11) is 0. The monoisotopic (exact) mass is 377 g/mol. The summed E-state index contributed by atoms with van der Waals surface area (Å²) in [6.45, 7) is 4.16. The van der Waals surface area contributed by atoms with Crippen LogP contribution in [0.5, 0.6) is 0 Å². The van der Waals surface area contributed by atoms with Crippen LogP contribution in [0.1, 0.15) is 54.1 Å². The van der Waals surface area contributed by atoms with Gasteiger partial charge in [-0.05, 0) is 74.8 Å². The number of carbonyl (C=O) groups is 1. The van der Waals surface area contributed by atoms with Gasteiger partial charge in [0.15, 0.2) is 0 Å². The molecule has 5 rings (SSSR count). The van der Waals surface area contributed by atoms with Gasteiger partial charge in [0, 0.05) is 36.0 Å². The third-order valence-electron chi connectivity index (χ3n) is 6.26. The van der Waals surface area contributed by atoms with E-state index in [-0.39, 0.29) is 5.91 Å². The van der Waals surface area contributed by atoms with E-state index in [0.717, 1.165) is 56.0 Å². The first-order valence-corrected chi connectivity index (χ1v) is 10.4. The molecule has 1 unspecified atom stereocenters. The molecule has 3 aliphatic heterocycles. The molecule has 0 radical (unpaired) electrons. The van der Waals surface area contributed by atoms with Crippen LogP contribution in [0.2, 0.25) is 0 Å². The number of likely N-dealkylation sites (tertiary alicyclic amines) is 1. The summed E-state index contributed by atoms with van der Waals surface area (Å²) in [5, 5.41) is 2.00. The molecule has 0 bridgehead atoms. The van der Waals surface area contributed by atoms with E-state index in [2.05, 4.69) is 33.6 Å². The van der Waals surface area contributed by atoms with Crippen molar-refractivity contribution in [1.82, 2.24) is 15.3 Å². The minimum Gasteiger partial charge on any atom is -0.338 e. The molecule has 28 heavy (non-hydrogen) atoms. The van der Waals surface area contributed by atoms with E-state index in [1.807, 2.05) is 22.9 Å². The average molecular weight is 377 g/mol. The van der Waals surface area contributed by atoms with E-state index >= 15 is 0 Å². The van der Waals surface area contributed by atoms with Crippen LogP contribution in [0.15, 0.2) is 40.0 Å². The number of hydrogen-bond acceptors (Lipinski definition) is 5. The summed E-state index contributed by atoms with van der Waals surface area (Å²) in [4.78, 5) is 24.2. The van der Waals surface area contributed by atoms with Crippen molar-refractivity contribution in [3.63, 3.8) is 0 Å². The van der Waals surface area contributed by atoms with Crippen molar-refractivity contribution in [2.45, 2.75) is 45.4 Å². The summed E-state index contributed by atoms with van der Waals surface area (Å²) in [5.41, 5.74) is 9.09. The molecule has 1 aromatic carbocycles. The van der Waals surface area contributed by atoms with Crippen molar-refractivity contribution in [3.05, 3.63) is 46.7 Å². The van der Waals surface area contributed by atoms with E-state index < -0.39 is 0 Å². The van der Waals surface area contributed by atoms with Crippen molar-refractivity contribution >= 4 is 17.6 Å². The van der Waals surface area contributed by atoms with Gasteiger partial charge in [-0.1, -0.05) is 6.07 Å². The van der Waals surface area contributed by atoms with Gasteiger partial charge in [0.2, 0.25) is 5.96 Å². The van der Waals surface area contributed by atoms with Gasteiger partial charge in [0.25, 0.3) is 5.91 Å². The fourth-order valence-electron chi connectivity index (χ4n) is 4.83. The number of aryl methyl sites for hydroxylation is 2. The second-order valence-electron chi connectivity index (χ2n) is 8.21. The number of hydrazine groups is 1. The Morgan fingerprint density at radius 2 is 2.04 bits per heavy atom. The number of aliphatic imine (C=N–C) groups is 2. The highest BCUT2D eigenvalue weighted by molar-refractivity contribution is 6.05. The van der Waals surface area contributed by atoms with E-state index in [0.29, 0.717) is 12.6 Å². The smallest absolute Gasteiger partial charge is 0.253 e. The molecule has 0 spiro atoms. The number of hydrogen-bond donors (Lipinski definition) is 1. The Balaban J connectivity index is 1.35. The number of rotatable bonds is 2. The van der Waals surface area contributed by atoms with Gasteiger partial charge in [-0.15, -0.1) is 0 Å². The predicted molar refractivity (Wildman–Crippen MR) is 110 cm³/mol. The van der Waals surface area contributed by atoms with Crippen LogP contribution < -0.4 is 5.43 Å². The second kappa shape index (κ2) is 7.17. The lowest BCUT2D eigenvalue weighted by Gasteiger charge is -2.37. The van der Waals surface area contributed by atoms with Gasteiger partial charge in [0.05, 0.1) is 0 Å². The molecule has 1 atom stereocenters. The van der Waals surface area contributed by atoms with Gasteiger partial charge in [-0.3, -0.25) is 4.79 Å². The van der Waals surface area contributed by atoms with E-state index in [1.54, 1.807) is 0 Å². The maximum atomic E-state index is 13.2. The Hall–Kier alpha value is -2.47. The molecule has 4 aliphatic rings. The van der Waals surface area contributed by atoms with Crippen LogP contribution in [-0.4, -0.2) is 47.2 Å². The fourth-order valence-corrected chi connectivity index (χ4v) is 4.83. The van der Waals surface area contributed by atoms with Crippen LogP contribution in [-0.2, 0) is 12.8 Å². The molecule has 1 N–H and O–H groups in total. The maximum absolute atomic E-state index is 13.2. The number of amides is 1. The lowest BCUT2D eigenvalue weighted by molar-refractivity contribution is 0.0679. The molecule has 3 heterocycles. The molecular formula is C22H27N5O. The van der Waals surface area contributed by atoms with Crippen LogP contribution in [0.4, 0.5) is 0 Å². The number of piperidine rings is 1. The molecule has 1 saturated heterocycles. The first-order valence-electron chi connectivity index (χ1n) is 10.4. The maximum Gasteiger partial charge on any atom is 0.253 e. The molecule has 1 aromatic rings. The minimum atomic E-state index is 0.170. The number of benzene rings is 1. The van der Waals surface area contributed by atoms with Crippen LogP contribution in [0.3, 0.4) is 0 Å². The summed E-state index contributed by atoms with van der Waals surface area (Å²) < 4.78 is 0. The van der Waals surface area contributed by atoms with Gasteiger partial charge in [-0.2, -0.15) is 0 Å². The first-order chi connectivity index (χ1) is 13.7. The second-order valence-corrected chi connectivity index (χ2v) is 8.21. The Bertz CT molecular complexity index is 900. The van der Waals surface area contributed by atoms with Crippen molar-refractivity contribution in [1.29, 1.82) is 0 Å². The Morgan fingerprint density at radius 1 is 1.18 bits per heavy atom. The molecule has 146 valence electrons. The standard InChI is InChI=1S/C22H27N5O/c1-15-11-20(27-22(25-15)23-14-24-27)19-7-4-10-26(13-19)21(28)18-9-8-16-5-2-3-6-17(16)12-18/h8-9,11-12,19,24H,2-7,10,13-14H2,1H3. The lowest BCUT2D eigenvalue weighted by atomic mass is 9.89. The van der Waals surface area contributed by atoms with Crippen molar-refractivity contribution in [2.24, 2.45) is 15.9 Å². The number of allylic oxidation sites excluding steroid dienone is 1. The van der Waals surface area contributed by atoms with Crippen molar-refractivity contribution < 1.29 is 4.79 Å². The van der Waals surface area contributed by atoms with Gasteiger partial charge in [-0.25, -0.2) is 20.4 Å². The van der Waals surface area contributed by atoms with Crippen molar-refractivity contribution in [2.75, 3.05) is 19.8 Å². The normalized spacial score (nSPS) is 24.2. The van der Waals surface area contributed by atoms with Crippen molar-refractivity contribution in [3.8, 4) is 0 Å². The number of nitrogens with zero attached hydrogens (tertiary/aromatic N) is 4. The Labute approximate surface area is 166 Å². The van der Waals surface area contributed by atoms with E-state index in [1.165, 1.54) is 29.7 Å². The zero-order valence-corrected chi connectivity index (χ0v) is 16.4. The van der Waals surface area contributed by atoms with E-state index in [4.69, 9.17) is 0 Å². The molecule has 6 heteroatoms. The van der Waals surface area contributed by atoms with Crippen LogP contribution >= 0.6 is 0 Å². The fraction of sp³-hybridized carbons (Fsp3) is 0.500. The molecule has 0 aromatic heterocycles. The zero-order valence-electron chi connectivity index (χ0n) is 16.4.